The van der Waals surface area contributed by atoms with E-state index in [-0.39, 0.29) is 18.1 Å². The van der Waals surface area contributed by atoms with Crippen molar-refractivity contribution in [1.82, 2.24) is 15.3 Å². The van der Waals surface area contributed by atoms with Crippen molar-refractivity contribution >= 4 is 39.8 Å². The molecule has 4 aromatic rings. The monoisotopic (exact) mass is 429 g/mol. The Morgan fingerprint density at radius 2 is 1.47 bits per heavy atom. The van der Waals surface area contributed by atoms with Gasteiger partial charge in [0.1, 0.15) is 6.29 Å². The van der Waals surface area contributed by atoms with Gasteiger partial charge in [0.05, 0.1) is 6.04 Å². The molecule has 2 heterocycles. The Balaban J connectivity index is 1.51. The van der Waals surface area contributed by atoms with E-state index in [0.29, 0.717) is 19.3 Å². The van der Waals surface area contributed by atoms with Crippen LogP contribution in [0.4, 0.5) is 0 Å². The lowest BCUT2D eigenvalue weighted by Gasteiger charge is -2.19. The summed E-state index contributed by atoms with van der Waals surface area (Å²) < 4.78 is 0. The highest BCUT2D eigenvalue weighted by molar-refractivity contribution is 5.92. The number of rotatable bonds is 10. The first-order chi connectivity index (χ1) is 15.6. The fourth-order valence-electron chi connectivity index (χ4n) is 4.21. The van der Waals surface area contributed by atoms with E-state index in [9.17, 15) is 14.4 Å². The highest BCUT2D eigenvalue weighted by Crippen LogP contribution is 2.23. The van der Waals surface area contributed by atoms with Crippen molar-refractivity contribution < 1.29 is 14.4 Å². The molecule has 0 aliphatic heterocycles. The van der Waals surface area contributed by atoms with Crippen LogP contribution in [0.2, 0.25) is 0 Å². The molecule has 0 unspecified atom stereocenters. The molecule has 0 aliphatic carbocycles. The number of amides is 1. The summed E-state index contributed by atoms with van der Waals surface area (Å²) in [5.74, 6) is -0.762. The first kappa shape index (κ1) is 21.6. The predicted molar refractivity (Wildman–Crippen MR) is 125 cm³/mol. The van der Waals surface area contributed by atoms with Gasteiger partial charge in [-0.25, -0.2) is 0 Å². The van der Waals surface area contributed by atoms with Crippen LogP contribution in [0.25, 0.3) is 21.8 Å². The van der Waals surface area contributed by atoms with Crippen LogP contribution in [-0.2, 0) is 27.2 Å². The maximum Gasteiger partial charge on any atom is 0.220 e. The minimum Gasteiger partial charge on any atom is -0.361 e. The number of benzene rings is 2. The number of aldehydes is 1. The summed E-state index contributed by atoms with van der Waals surface area (Å²) in [6, 6.07) is 15.1. The number of H-pyrrole nitrogens is 2. The summed E-state index contributed by atoms with van der Waals surface area (Å²) in [5, 5.41) is 4.95. The lowest BCUT2D eigenvalue weighted by atomic mass is 9.91. The SMILES string of the molecule is CCC(=O)N[C@@H](Cc1c[nH]c2ccccc12)C(=O)C[C@H](C=O)Cc1c[nH]c2ccccc12. The minimum atomic E-state index is -0.674. The fourth-order valence-corrected chi connectivity index (χ4v) is 4.21. The van der Waals surface area contributed by atoms with Gasteiger partial charge in [0.2, 0.25) is 5.91 Å². The molecule has 1 amide bonds. The summed E-state index contributed by atoms with van der Waals surface area (Å²) in [5.41, 5.74) is 3.97. The van der Waals surface area contributed by atoms with Gasteiger partial charge >= 0.3 is 0 Å². The van der Waals surface area contributed by atoms with Gasteiger partial charge in [-0.2, -0.15) is 0 Å². The third-order valence-corrected chi connectivity index (χ3v) is 5.96. The summed E-state index contributed by atoms with van der Waals surface area (Å²) in [6.45, 7) is 1.76. The fraction of sp³-hybridized carbons (Fsp3) is 0.269. The largest absolute Gasteiger partial charge is 0.361 e. The van der Waals surface area contributed by atoms with E-state index in [1.54, 1.807) is 6.92 Å². The Morgan fingerprint density at radius 3 is 2.03 bits per heavy atom. The Kier molecular flexibility index (Phi) is 6.50. The van der Waals surface area contributed by atoms with Gasteiger partial charge in [-0.05, 0) is 29.7 Å². The molecule has 0 aliphatic rings. The Bertz CT molecular complexity index is 1250. The summed E-state index contributed by atoms with van der Waals surface area (Å²) in [7, 11) is 0. The first-order valence-electron chi connectivity index (χ1n) is 11.0. The topological polar surface area (TPSA) is 94.8 Å². The number of hydrogen-bond donors (Lipinski definition) is 3. The van der Waals surface area contributed by atoms with E-state index in [1.807, 2.05) is 60.9 Å². The van der Waals surface area contributed by atoms with Crippen LogP contribution >= 0.6 is 0 Å². The lowest BCUT2D eigenvalue weighted by Crippen LogP contribution is -2.43. The highest BCUT2D eigenvalue weighted by atomic mass is 16.2. The zero-order valence-corrected chi connectivity index (χ0v) is 18.1. The molecule has 6 heteroatoms. The normalized spacial score (nSPS) is 13.2. The number of fused-ring (bicyclic) bond motifs is 2. The highest BCUT2D eigenvalue weighted by Gasteiger charge is 2.25. The predicted octanol–water partition coefficient (Wildman–Crippen LogP) is 4.10. The van der Waals surface area contributed by atoms with Crippen molar-refractivity contribution in [3.63, 3.8) is 0 Å². The van der Waals surface area contributed by atoms with Gasteiger partial charge in [0.25, 0.3) is 0 Å². The number of carbonyl (C=O) groups is 3. The maximum absolute atomic E-state index is 13.2. The number of aromatic amines is 2. The number of hydrogen-bond acceptors (Lipinski definition) is 3. The third kappa shape index (κ3) is 4.64. The number of nitrogens with one attached hydrogen (secondary N) is 3. The van der Waals surface area contributed by atoms with Crippen molar-refractivity contribution in [2.24, 2.45) is 5.92 Å². The van der Waals surface area contributed by atoms with Crippen molar-refractivity contribution in [2.45, 2.75) is 38.6 Å². The van der Waals surface area contributed by atoms with Gasteiger partial charge in [-0.1, -0.05) is 43.3 Å². The number of para-hydroxylation sites is 2. The average Bonchev–Trinajstić information content (AvgIpc) is 3.42. The van der Waals surface area contributed by atoms with Crippen LogP contribution in [-0.4, -0.2) is 34.0 Å². The van der Waals surface area contributed by atoms with Gasteiger partial charge < -0.3 is 20.1 Å². The summed E-state index contributed by atoms with van der Waals surface area (Å²) in [6.07, 6.45) is 5.86. The quantitative estimate of drug-likeness (QED) is 0.331. The smallest absolute Gasteiger partial charge is 0.220 e. The number of Topliss-reactive ketones (excluding diaryl/α,β-unsaturated/α-hetero) is 1. The van der Waals surface area contributed by atoms with Crippen LogP contribution in [0.5, 0.6) is 0 Å². The molecule has 0 bridgehead atoms. The molecule has 0 radical (unpaired) electrons. The molecular formula is C26H27N3O3. The molecule has 3 N–H and O–H groups in total. The average molecular weight is 430 g/mol. The van der Waals surface area contributed by atoms with E-state index < -0.39 is 12.0 Å². The lowest BCUT2D eigenvalue weighted by molar-refractivity contribution is -0.128. The van der Waals surface area contributed by atoms with E-state index >= 15 is 0 Å². The Hall–Kier alpha value is -3.67. The molecule has 2 aromatic carbocycles. The Labute approximate surface area is 186 Å². The van der Waals surface area contributed by atoms with Crippen molar-refractivity contribution in [3.8, 4) is 0 Å². The van der Waals surface area contributed by atoms with Crippen molar-refractivity contribution in [3.05, 3.63) is 72.1 Å². The van der Waals surface area contributed by atoms with Crippen molar-refractivity contribution in [1.29, 1.82) is 0 Å². The molecule has 2 aromatic heterocycles. The molecule has 32 heavy (non-hydrogen) atoms. The van der Waals surface area contributed by atoms with Crippen LogP contribution in [0.3, 0.4) is 0 Å². The van der Waals surface area contributed by atoms with E-state index in [4.69, 9.17) is 0 Å². The standard InChI is InChI=1S/C26H27N3O3/c1-2-26(32)29-24(13-19-15-28-23-10-6-4-8-21(19)23)25(31)12-17(16-30)11-18-14-27-22-9-5-3-7-20(18)22/h3-10,14-17,24,27-28H,2,11-13H2,1H3,(H,29,32)/t17-,24+/m1/s1. The van der Waals surface area contributed by atoms with Crippen LogP contribution in [0.1, 0.15) is 30.9 Å². The molecule has 0 saturated heterocycles. The molecular weight excluding hydrogens is 402 g/mol. The first-order valence-corrected chi connectivity index (χ1v) is 11.0. The molecule has 4 rings (SSSR count). The van der Waals surface area contributed by atoms with Crippen LogP contribution < -0.4 is 5.32 Å². The molecule has 2 atom stereocenters. The van der Waals surface area contributed by atoms with E-state index in [2.05, 4.69) is 15.3 Å². The zero-order chi connectivity index (χ0) is 22.5. The molecule has 0 fully saturated rings. The Morgan fingerprint density at radius 1 is 0.906 bits per heavy atom. The zero-order valence-electron chi connectivity index (χ0n) is 18.1. The van der Waals surface area contributed by atoms with Gasteiger partial charge in [0, 0.05) is 59.4 Å². The minimum absolute atomic E-state index is 0.0834. The van der Waals surface area contributed by atoms with Crippen LogP contribution in [0.15, 0.2) is 60.9 Å². The van der Waals surface area contributed by atoms with E-state index in [0.717, 1.165) is 39.2 Å². The molecule has 164 valence electrons. The second-order valence-electron chi connectivity index (χ2n) is 8.17. The number of ketones is 1. The number of carbonyl (C=O) groups excluding carboxylic acids is 3. The van der Waals surface area contributed by atoms with Gasteiger partial charge in [0.15, 0.2) is 5.78 Å². The van der Waals surface area contributed by atoms with Gasteiger partial charge in [-0.15, -0.1) is 0 Å². The van der Waals surface area contributed by atoms with Crippen molar-refractivity contribution in [2.75, 3.05) is 0 Å². The second kappa shape index (κ2) is 9.64. The molecule has 6 nitrogen and oxygen atoms in total. The summed E-state index contributed by atoms with van der Waals surface area (Å²) >= 11 is 0. The second-order valence-corrected chi connectivity index (χ2v) is 8.17. The molecule has 0 spiro atoms. The third-order valence-electron chi connectivity index (χ3n) is 5.96. The molecule has 0 saturated carbocycles. The number of aromatic nitrogens is 2. The van der Waals surface area contributed by atoms with Gasteiger partial charge in [-0.3, -0.25) is 9.59 Å². The van der Waals surface area contributed by atoms with Crippen LogP contribution in [0, 0.1) is 5.92 Å². The summed E-state index contributed by atoms with van der Waals surface area (Å²) in [4.78, 5) is 43.6. The maximum atomic E-state index is 13.2. The van der Waals surface area contributed by atoms with E-state index in [1.165, 1.54) is 0 Å².